The zero-order valence-corrected chi connectivity index (χ0v) is 14.3. The van der Waals surface area contributed by atoms with Gasteiger partial charge < -0.3 is 4.74 Å². The average Bonchev–Trinajstić information content (AvgIpc) is 2.84. The molecule has 0 unspecified atom stereocenters. The van der Waals surface area contributed by atoms with Crippen molar-refractivity contribution in [3.05, 3.63) is 29.5 Å². The number of aldehydes is 1. The van der Waals surface area contributed by atoms with E-state index in [4.69, 9.17) is 4.74 Å². The van der Waals surface area contributed by atoms with E-state index < -0.39 is 19.8 Å². The predicted molar refractivity (Wildman–Crippen MR) is 84.2 cm³/mol. The Morgan fingerprint density at radius 1 is 1.30 bits per heavy atom. The number of aromatic nitrogens is 2. The number of nitrogens with zero attached hydrogens (tertiary/aromatic N) is 2. The van der Waals surface area contributed by atoms with Crippen molar-refractivity contribution in [2.75, 3.05) is 6.61 Å². The lowest BCUT2D eigenvalue weighted by atomic mass is 10.1. The first-order valence-corrected chi connectivity index (χ1v) is 10.9. The van der Waals surface area contributed by atoms with Gasteiger partial charge in [0.2, 0.25) is 0 Å². The van der Waals surface area contributed by atoms with Gasteiger partial charge in [-0.05, 0) is 12.1 Å². The Morgan fingerprint density at radius 2 is 2.00 bits per heavy atom. The molecule has 2 rings (SSSR count). The van der Waals surface area contributed by atoms with Crippen molar-refractivity contribution in [2.24, 2.45) is 0 Å². The largest absolute Gasteiger partial charge is 0.416 e. The molecule has 0 N–H and O–H groups in total. The lowest BCUT2D eigenvalue weighted by Crippen LogP contribution is -2.22. The monoisotopic (exact) mass is 344 g/mol. The fourth-order valence-electron chi connectivity index (χ4n) is 2.15. The highest BCUT2D eigenvalue weighted by Gasteiger charge is 2.31. The van der Waals surface area contributed by atoms with Crippen molar-refractivity contribution in [1.29, 1.82) is 0 Å². The van der Waals surface area contributed by atoms with Crippen molar-refractivity contribution < 1.29 is 22.7 Å². The number of carbonyl (C=O) groups excluding carboxylic acids is 1. The van der Waals surface area contributed by atoms with Gasteiger partial charge in [-0.15, -0.1) is 14.1 Å². The van der Waals surface area contributed by atoms with E-state index in [1.807, 2.05) is 0 Å². The van der Waals surface area contributed by atoms with Gasteiger partial charge in [-0.25, -0.2) is 4.68 Å². The minimum Gasteiger partial charge on any atom is -0.362 e. The van der Waals surface area contributed by atoms with E-state index in [1.165, 1.54) is 10.9 Å². The van der Waals surface area contributed by atoms with E-state index >= 15 is 0 Å². The second kappa shape index (κ2) is 6.44. The minimum atomic E-state index is -4.50. The summed E-state index contributed by atoms with van der Waals surface area (Å²) >= 11 is 0. The number of ether oxygens (including phenoxy) is 1. The van der Waals surface area contributed by atoms with Crippen LogP contribution < -0.4 is 0 Å². The molecule has 23 heavy (non-hydrogen) atoms. The zero-order valence-electron chi connectivity index (χ0n) is 13.3. The van der Waals surface area contributed by atoms with Gasteiger partial charge in [0.1, 0.15) is 6.73 Å². The summed E-state index contributed by atoms with van der Waals surface area (Å²) in [5, 5.41) is 4.31. The van der Waals surface area contributed by atoms with Crippen LogP contribution in [0.2, 0.25) is 25.7 Å². The summed E-state index contributed by atoms with van der Waals surface area (Å²) < 4.78 is 45.5. The van der Waals surface area contributed by atoms with Crippen LogP contribution in [0.4, 0.5) is 13.2 Å². The maximum Gasteiger partial charge on any atom is 0.416 e. The van der Waals surface area contributed by atoms with Gasteiger partial charge in [0, 0.05) is 17.6 Å². The topological polar surface area (TPSA) is 44.1 Å². The lowest BCUT2D eigenvalue weighted by Gasteiger charge is -2.26. The van der Waals surface area contributed by atoms with Gasteiger partial charge in [-0.2, -0.15) is 37.9 Å². The van der Waals surface area contributed by atoms with E-state index in [1.54, 1.807) is 0 Å². The molecule has 0 fully saturated rings. The van der Waals surface area contributed by atoms with Crippen LogP contribution >= 0.6 is 0 Å². The Labute approximate surface area is 133 Å². The molecule has 8 heteroatoms. The second-order valence-corrected chi connectivity index (χ2v) is 12.2. The van der Waals surface area contributed by atoms with Crippen LogP contribution in [0.3, 0.4) is 0 Å². The molecular weight excluding hydrogens is 325 g/mol. The molecule has 0 saturated heterocycles. The number of carbonyl (C=O) groups is 1. The molecule has 0 spiro atoms. The SMILES string of the molecule is C[Si-](C)(C)CCOCn1ncc2cc(C(F)(F)F)cc(C=O)c21. The predicted octanol–water partition coefficient (Wildman–Crippen LogP) is 4.18. The number of hydrogen-bond acceptors (Lipinski definition) is 3. The Balaban J connectivity index is 2.24. The molecule has 4 nitrogen and oxygen atoms in total. The average molecular weight is 344 g/mol. The first-order chi connectivity index (χ1) is 10.6. The second-order valence-electron chi connectivity index (χ2n) is 6.61. The highest BCUT2D eigenvalue weighted by Crippen LogP contribution is 2.32. The third-order valence-corrected chi connectivity index (χ3v) is 5.13. The number of hydrogen-bond donors (Lipinski definition) is 0. The molecule has 0 aliphatic heterocycles. The Bertz CT molecular complexity index is 705. The molecule has 127 valence electrons. The smallest absolute Gasteiger partial charge is 0.362 e. The van der Waals surface area contributed by atoms with Crippen LogP contribution in [0.25, 0.3) is 10.9 Å². The summed E-state index contributed by atoms with van der Waals surface area (Å²) in [4.78, 5) is 11.2. The van der Waals surface area contributed by atoms with Gasteiger partial charge in [0.15, 0.2) is 6.29 Å². The molecule has 0 bridgehead atoms. The zero-order chi connectivity index (χ0) is 17.3. The van der Waals surface area contributed by atoms with Crippen LogP contribution in [0.15, 0.2) is 18.3 Å². The summed E-state index contributed by atoms with van der Waals surface area (Å²) in [6, 6.07) is 2.81. The standard InChI is InChI=1S/C15H19F3N2O2Si/c1-23(2,3)5-4-22-10-20-14-11(8-19-20)6-13(15(16,17)18)7-12(14)9-21/h6-9H,4-5,10H2,1-3H3/q-1. The van der Waals surface area contributed by atoms with E-state index in [2.05, 4.69) is 24.7 Å². The molecule has 1 heterocycles. The highest BCUT2D eigenvalue weighted by atomic mass is 28.3. The van der Waals surface area contributed by atoms with Gasteiger partial charge >= 0.3 is 6.18 Å². The van der Waals surface area contributed by atoms with Crippen molar-refractivity contribution in [3.8, 4) is 0 Å². The molecule has 0 radical (unpaired) electrons. The first-order valence-electron chi connectivity index (χ1n) is 7.21. The molecule has 0 aliphatic rings. The van der Waals surface area contributed by atoms with E-state index in [0.29, 0.717) is 18.4 Å². The third kappa shape index (κ3) is 4.41. The van der Waals surface area contributed by atoms with Gasteiger partial charge in [0.05, 0.1) is 17.3 Å². The molecule has 0 aliphatic carbocycles. The fourth-order valence-corrected chi connectivity index (χ4v) is 2.90. The summed E-state index contributed by atoms with van der Waals surface area (Å²) in [5.41, 5.74) is -0.534. The quantitative estimate of drug-likeness (QED) is 0.449. The highest BCUT2D eigenvalue weighted by molar-refractivity contribution is 6.76. The van der Waals surface area contributed by atoms with Gasteiger partial charge in [-0.3, -0.25) is 4.79 Å². The third-order valence-electron chi connectivity index (χ3n) is 3.43. The molecule has 0 atom stereocenters. The first kappa shape index (κ1) is 17.7. The number of alkyl halides is 3. The number of benzene rings is 1. The maximum atomic E-state index is 12.8. The van der Waals surface area contributed by atoms with E-state index in [9.17, 15) is 18.0 Å². The molecule has 0 amide bonds. The number of fused-ring (bicyclic) bond motifs is 1. The number of rotatable bonds is 6. The van der Waals surface area contributed by atoms with E-state index in [0.717, 1.165) is 18.2 Å². The number of halogens is 3. The Kier molecular flexibility index (Phi) is 4.95. The van der Waals surface area contributed by atoms with Crippen LogP contribution in [-0.4, -0.2) is 30.7 Å². The summed E-state index contributed by atoms with van der Waals surface area (Å²) in [5.74, 6) is 0. The van der Waals surface area contributed by atoms with Crippen molar-refractivity contribution in [1.82, 2.24) is 9.78 Å². The van der Waals surface area contributed by atoms with Crippen molar-refractivity contribution in [2.45, 2.75) is 38.6 Å². The summed E-state index contributed by atoms with van der Waals surface area (Å²) in [6.07, 6.45) is -2.76. The molecular formula is C15H19F3N2O2Si-. The Morgan fingerprint density at radius 3 is 2.57 bits per heavy atom. The van der Waals surface area contributed by atoms with Gasteiger partial charge in [-0.1, -0.05) is 0 Å². The van der Waals surface area contributed by atoms with Crippen LogP contribution in [0.1, 0.15) is 15.9 Å². The summed E-state index contributed by atoms with van der Waals surface area (Å²) in [6.45, 7) is 7.35. The molecule has 2 aromatic rings. The summed E-state index contributed by atoms with van der Waals surface area (Å²) in [7, 11) is -1.22. The lowest BCUT2D eigenvalue weighted by molar-refractivity contribution is -0.137. The van der Waals surface area contributed by atoms with Crippen LogP contribution in [-0.2, 0) is 17.6 Å². The van der Waals surface area contributed by atoms with Crippen LogP contribution in [0.5, 0.6) is 0 Å². The normalized spacial score (nSPS) is 12.8. The molecule has 1 aromatic heterocycles. The Hall–Kier alpha value is -1.67. The van der Waals surface area contributed by atoms with Crippen LogP contribution in [0, 0.1) is 0 Å². The van der Waals surface area contributed by atoms with E-state index in [-0.39, 0.29) is 17.7 Å². The minimum absolute atomic E-state index is 0.0406. The van der Waals surface area contributed by atoms with Gasteiger partial charge in [0.25, 0.3) is 0 Å². The maximum absolute atomic E-state index is 12.8. The molecule has 0 saturated carbocycles. The van der Waals surface area contributed by atoms with Crippen molar-refractivity contribution >= 4 is 25.3 Å². The fraction of sp³-hybridized carbons (Fsp3) is 0.467. The molecule has 1 aromatic carbocycles. The van der Waals surface area contributed by atoms with Crippen molar-refractivity contribution in [3.63, 3.8) is 0 Å².